The van der Waals surface area contributed by atoms with Gasteiger partial charge >= 0.3 is 0 Å². The van der Waals surface area contributed by atoms with E-state index in [0.717, 1.165) is 16.2 Å². The second-order valence-corrected chi connectivity index (χ2v) is 8.86. The zero-order valence-corrected chi connectivity index (χ0v) is 19.3. The minimum Gasteiger partial charge on any atom is -0.497 e. The van der Waals surface area contributed by atoms with Crippen LogP contribution in [0.5, 0.6) is 11.5 Å². The third kappa shape index (κ3) is 4.79. The number of amidine groups is 1. The van der Waals surface area contributed by atoms with E-state index in [1.165, 1.54) is 11.8 Å². The highest BCUT2D eigenvalue weighted by Crippen LogP contribution is 2.35. The Labute approximate surface area is 194 Å². The molecular weight excluding hydrogens is 452 g/mol. The minimum absolute atomic E-state index is 0.188. The van der Waals surface area contributed by atoms with Gasteiger partial charge in [-0.05, 0) is 53.4 Å². The van der Waals surface area contributed by atoms with Gasteiger partial charge in [-0.25, -0.2) is 4.99 Å². The van der Waals surface area contributed by atoms with Gasteiger partial charge < -0.3 is 9.47 Å². The zero-order chi connectivity index (χ0) is 21.8. The Morgan fingerprint density at radius 3 is 2.58 bits per heavy atom. The number of thiophene rings is 1. The summed E-state index contributed by atoms with van der Waals surface area (Å²) in [4.78, 5) is 20.5. The third-order valence-corrected chi connectivity index (χ3v) is 6.70. The van der Waals surface area contributed by atoms with Crippen LogP contribution in [0.1, 0.15) is 10.4 Å². The molecule has 1 aliphatic heterocycles. The van der Waals surface area contributed by atoms with Gasteiger partial charge in [0, 0.05) is 10.6 Å². The van der Waals surface area contributed by atoms with Crippen molar-refractivity contribution in [3.8, 4) is 11.5 Å². The Balaban J connectivity index is 1.64. The van der Waals surface area contributed by atoms with E-state index < -0.39 is 0 Å². The molecule has 4 rings (SSSR count). The van der Waals surface area contributed by atoms with Crippen molar-refractivity contribution in [1.29, 1.82) is 0 Å². The number of methoxy groups -OCH3 is 2. The lowest BCUT2D eigenvalue weighted by Gasteiger charge is -2.18. The molecule has 0 aliphatic carbocycles. The van der Waals surface area contributed by atoms with Crippen LogP contribution in [-0.2, 0) is 10.5 Å². The van der Waals surface area contributed by atoms with Gasteiger partial charge in [-0.3, -0.25) is 9.69 Å². The van der Waals surface area contributed by atoms with E-state index in [1.807, 2.05) is 47.9 Å². The summed E-state index contributed by atoms with van der Waals surface area (Å²) in [6.45, 7) is 0. The molecule has 0 atom stereocenters. The molecule has 2 aromatic carbocycles. The maximum absolute atomic E-state index is 13.2. The summed E-state index contributed by atoms with van der Waals surface area (Å²) in [7, 11) is 3.20. The number of halogens is 1. The largest absolute Gasteiger partial charge is 0.497 e. The van der Waals surface area contributed by atoms with Crippen LogP contribution in [0.25, 0.3) is 6.08 Å². The Morgan fingerprint density at radius 2 is 1.94 bits per heavy atom. The number of carbonyl (C=O) groups is 1. The number of hydrogen-bond donors (Lipinski definition) is 0. The summed E-state index contributed by atoms with van der Waals surface area (Å²) in [6, 6.07) is 17.0. The number of benzene rings is 2. The summed E-state index contributed by atoms with van der Waals surface area (Å²) in [5.74, 6) is 1.82. The molecule has 8 heteroatoms. The first-order valence-electron chi connectivity index (χ1n) is 9.36. The molecule has 2 heterocycles. The first kappa shape index (κ1) is 21.5. The van der Waals surface area contributed by atoms with Crippen LogP contribution in [0.3, 0.4) is 0 Å². The molecular formula is C23H19ClN2O3S2. The average molecular weight is 471 g/mol. The molecule has 0 unspecified atom stereocenters. The van der Waals surface area contributed by atoms with Crippen molar-refractivity contribution in [2.75, 3.05) is 19.1 Å². The molecule has 0 spiro atoms. The normalized spacial score (nSPS) is 14.8. The molecule has 31 heavy (non-hydrogen) atoms. The zero-order valence-electron chi connectivity index (χ0n) is 16.9. The summed E-state index contributed by atoms with van der Waals surface area (Å²) in [5.41, 5.74) is 2.14. The van der Waals surface area contributed by atoms with Gasteiger partial charge in [0.25, 0.3) is 5.91 Å². The predicted molar refractivity (Wildman–Crippen MR) is 130 cm³/mol. The summed E-state index contributed by atoms with van der Waals surface area (Å²) in [5, 5.41) is 3.00. The van der Waals surface area contributed by atoms with E-state index in [2.05, 4.69) is 4.99 Å². The Hall–Kier alpha value is -2.74. The van der Waals surface area contributed by atoms with Crippen molar-refractivity contribution in [3.63, 3.8) is 0 Å². The first-order valence-corrected chi connectivity index (χ1v) is 11.6. The molecule has 0 radical (unpaired) electrons. The lowest BCUT2D eigenvalue weighted by Crippen LogP contribution is -2.30. The predicted octanol–water partition coefficient (Wildman–Crippen LogP) is 6.10. The Morgan fingerprint density at radius 1 is 1.13 bits per heavy atom. The molecule has 158 valence electrons. The van der Waals surface area contributed by atoms with E-state index >= 15 is 0 Å². The van der Waals surface area contributed by atoms with E-state index in [-0.39, 0.29) is 5.91 Å². The molecule has 0 N–H and O–H groups in total. The smallest absolute Gasteiger partial charge is 0.283 e. The number of hydrogen-bond acceptors (Lipinski definition) is 6. The van der Waals surface area contributed by atoms with Crippen molar-refractivity contribution in [2.45, 2.75) is 5.75 Å². The van der Waals surface area contributed by atoms with Gasteiger partial charge in [0.15, 0.2) is 5.17 Å². The van der Waals surface area contributed by atoms with Crippen LogP contribution in [-0.4, -0.2) is 25.3 Å². The van der Waals surface area contributed by atoms with Crippen LogP contribution in [0.15, 0.2) is 70.7 Å². The molecule has 1 amide bonds. The fourth-order valence-corrected chi connectivity index (χ4v) is 4.86. The maximum Gasteiger partial charge on any atom is 0.283 e. The second-order valence-electron chi connectivity index (χ2n) is 6.54. The van der Waals surface area contributed by atoms with Crippen molar-refractivity contribution >= 4 is 57.5 Å². The van der Waals surface area contributed by atoms with Crippen LogP contribution < -0.4 is 14.4 Å². The van der Waals surface area contributed by atoms with Gasteiger partial charge in [0.05, 0.1) is 24.9 Å². The topological polar surface area (TPSA) is 51.1 Å². The number of amides is 1. The quantitative estimate of drug-likeness (QED) is 0.409. The van der Waals surface area contributed by atoms with Crippen LogP contribution in [0.4, 0.5) is 5.69 Å². The highest BCUT2D eigenvalue weighted by Gasteiger charge is 2.32. The standard InChI is InChI=1S/C23H19ClN2O3S2/c1-28-17-8-5-15(6-9-17)14-31-23-25-20(13-18-4-3-11-30-18)22(27)26(23)16-7-10-21(29-2)19(24)12-16/h3-13H,14H2,1-2H3/b20-13-. The average Bonchev–Trinajstić information content (AvgIpc) is 3.41. The number of rotatable bonds is 6. The lowest BCUT2D eigenvalue weighted by atomic mass is 10.2. The van der Waals surface area contributed by atoms with Crippen LogP contribution >= 0.6 is 34.7 Å². The van der Waals surface area contributed by atoms with Crippen molar-refractivity contribution in [1.82, 2.24) is 0 Å². The van der Waals surface area contributed by atoms with E-state index in [9.17, 15) is 4.79 Å². The molecule has 1 aromatic heterocycles. The molecule has 0 fully saturated rings. The van der Waals surface area contributed by atoms with Crippen molar-refractivity contribution in [3.05, 3.63) is 81.1 Å². The molecule has 0 saturated heterocycles. The number of ether oxygens (including phenoxy) is 2. The Kier molecular flexibility index (Phi) is 6.65. The third-order valence-electron chi connectivity index (χ3n) is 4.57. The number of carbonyl (C=O) groups excluding carboxylic acids is 1. The second kappa shape index (κ2) is 9.60. The summed E-state index contributed by atoms with van der Waals surface area (Å²) in [6.07, 6.45) is 1.81. The summed E-state index contributed by atoms with van der Waals surface area (Å²) < 4.78 is 10.5. The van der Waals surface area contributed by atoms with Gasteiger partial charge in [0.2, 0.25) is 0 Å². The van der Waals surface area contributed by atoms with E-state index in [0.29, 0.717) is 33.1 Å². The van der Waals surface area contributed by atoms with Gasteiger partial charge in [-0.1, -0.05) is 41.6 Å². The Bertz CT molecular complexity index is 1140. The molecule has 5 nitrogen and oxygen atoms in total. The number of anilines is 1. The number of nitrogens with zero attached hydrogens (tertiary/aromatic N) is 2. The molecule has 0 saturated carbocycles. The van der Waals surface area contributed by atoms with Crippen LogP contribution in [0, 0.1) is 0 Å². The van der Waals surface area contributed by atoms with Gasteiger partial charge in [-0.2, -0.15) is 0 Å². The SMILES string of the molecule is COc1ccc(CSC2=N/C(=C\c3cccs3)C(=O)N2c2ccc(OC)c(Cl)c2)cc1. The minimum atomic E-state index is -0.188. The lowest BCUT2D eigenvalue weighted by molar-refractivity contribution is -0.113. The molecule has 0 bridgehead atoms. The summed E-state index contributed by atoms with van der Waals surface area (Å²) >= 11 is 9.37. The van der Waals surface area contributed by atoms with Gasteiger partial charge in [0.1, 0.15) is 17.2 Å². The number of aliphatic imine (C=N–C) groups is 1. The van der Waals surface area contributed by atoms with Crippen molar-refractivity contribution in [2.24, 2.45) is 4.99 Å². The molecule has 1 aliphatic rings. The fraction of sp³-hybridized carbons (Fsp3) is 0.130. The fourth-order valence-electron chi connectivity index (χ4n) is 2.99. The number of thioether (sulfide) groups is 1. The molecule has 3 aromatic rings. The van der Waals surface area contributed by atoms with Crippen molar-refractivity contribution < 1.29 is 14.3 Å². The van der Waals surface area contributed by atoms with Gasteiger partial charge in [-0.15, -0.1) is 11.3 Å². The highest BCUT2D eigenvalue weighted by molar-refractivity contribution is 8.13. The van der Waals surface area contributed by atoms with E-state index in [1.54, 1.807) is 48.7 Å². The monoisotopic (exact) mass is 470 g/mol. The maximum atomic E-state index is 13.2. The highest BCUT2D eigenvalue weighted by atomic mass is 35.5. The first-order chi connectivity index (χ1) is 15.1. The van der Waals surface area contributed by atoms with Crippen LogP contribution in [0.2, 0.25) is 5.02 Å². The van der Waals surface area contributed by atoms with E-state index in [4.69, 9.17) is 21.1 Å².